The summed E-state index contributed by atoms with van der Waals surface area (Å²) in [6, 6.07) is 3.41. The quantitative estimate of drug-likeness (QED) is 0.672. The van der Waals surface area contributed by atoms with Crippen molar-refractivity contribution in [3.8, 4) is 11.4 Å². The molecule has 0 spiro atoms. The molecule has 0 aliphatic carbocycles. The summed E-state index contributed by atoms with van der Waals surface area (Å²) in [6.45, 7) is 3.80. The standard InChI is InChI=1S/C16H16N6O2S/c1-3-10(2)24-14(23)13-12(11-5-8-17-9-20-11)21-16(25-13)22-15-18-6-4-7-19-15/h4-10H,3H2,1-2H3,(H,18,19,21,22). The molecule has 1 atom stereocenters. The normalized spacial score (nSPS) is 11.8. The highest BCUT2D eigenvalue weighted by Gasteiger charge is 2.23. The van der Waals surface area contributed by atoms with Gasteiger partial charge in [-0.25, -0.2) is 29.7 Å². The number of carbonyl (C=O) groups is 1. The average molecular weight is 356 g/mol. The van der Waals surface area contributed by atoms with Crippen LogP contribution >= 0.6 is 11.3 Å². The second-order valence-corrected chi connectivity index (χ2v) is 6.11. The minimum atomic E-state index is -0.428. The van der Waals surface area contributed by atoms with Gasteiger partial charge in [-0.1, -0.05) is 18.3 Å². The summed E-state index contributed by atoms with van der Waals surface area (Å²) in [5.74, 6) is -0.0326. The summed E-state index contributed by atoms with van der Waals surface area (Å²) >= 11 is 1.17. The first-order valence-electron chi connectivity index (χ1n) is 7.69. The molecule has 9 heteroatoms. The van der Waals surface area contributed by atoms with Gasteiger partial charge in [0.25, 0.3) is 0 Å². The average Bonchev–Trinajstić information content (AvgIpc) is 3.07. The van der Waals surface area contributed by atoms with Crippen molar-refractivity contribution in [3.63, 3.8) is 0 Å². The van der Waals surface area contributed by atoms with E-state index in [9.17, 15) is 4.79 Å². The van der Waals surface area contributed by atoms with E-state index >= 15 is 0 Å². The van der Waals surface area contributed by atoms with Crippen LogP contribution < -0.4 is 5.32 Å². The van der Waals surface area contributed by atoms with Gasteiger partial charge in [-0.3, -0.25) is 0 Å². The van der Waals surface area contributed by atoms with E-state index in [-0.39, 0.29) is 6.10 Å². The lowest BCUT2D eigenvalue weighted by atomic mass is 10.2. The number of nitrogens with zero attached hydrogens (tertiary/aromatic N) is 5. The lowest BCUT2D eigenvalue weighted by molar-refractivity contribution is 0.0341. The number of rotatable bonds is 6. The summed E-state index contributed by atoms with van der Waals surface area (Å²) < 4.78 is 5.44. The molecule has 8 nitrogen and oxygen atoms in total. The van der Waals surface area contributed by atoms with Crippen LogP contribution in [0, 0.1) is 0 Å². The van der Waals surface area contributed by atoms with Crippen molar-refractivity contribution in [1.82, 2.24) is 24.9 Å². The summed E-state index contributed by atoms with van der Waals surface area (Å²) in [5, 5.41) is 3.47. The highest BCUT2D eigenvalue weighted by Crippen LogP contribution is 2.32. The second kappa shape index (κ2) is 7.75. The molecular formula is C16H16N6O2S. The largest absolute Gasteiger partial charge is 0.458 e. The number of carbonyl (C=O) groups excluding carboxylic acids is 1. The van der Waals surface area contributed by atoms with Crippen LogP contribution in [0.3, 0.4) is 0 Å². The molecule has 3 aromatic heterocycles. The van der Waals surface area contributed by atoms with Crippen molar-refractivity contribution in [2.45, 2.75) is 26.4 Å². The molecule has 0 radical (unpaired) electrons. The Kier molecular flexibility index (Phi) is 5.24. The van der Waals surface area contributed by atoms with Crippen LogP contribution in [0.5, 0.6) is 0 Å². The Balaban J connectivity index is 1.95. The zero-order valence-corrected chi connectivity index (χ0v) is 14.5. The van der Waals surface area contributed by atoms with Gasteiger partial charge in [0.05, 0.1) is 11.8 Å². The third-order valence-corrected chi connectivity index (χ3v) is 4.26. The SMILES string of the molecule is CCC(C)OC(=O)c1sc(Nc2ncccn2)nc1-c1ccncn1. The first kappa shape index (κ1) is 16.9. The van der Waals surface area contributed by atoms with Gasteiger partial charge in [-0.2, -0.15) is 0 Å². The number of ether oxygens (including phenoxy) is 1. The van der Waals surface area contributed by atoms with Crippen LogP contribution in [0.15, 0.2) is 37.1 Å². The number of aromatic nitrogens is 5. The number of anilines is 2. The third-order valence-electron chi connectivity index (χ3n) is 3.30. The molecule has 3 heterocycles. The van der Waals surface area contributed by atoms with E-state index in [0.717, 1.165) is 6.42 Å². The molecule has 0 aromatic carbocycles. The zero-order valence-electron chi connectivity index (χ0n) is 13.7. The van der Waals surface area contributed by atoms with Crippen molar-refractivity contribution in [2.75, 3.05) is 5.32 Å². The van der Waals surface area contributed by atoms with Gasteiger partial charge in [0, 0.05) is 18.6 Å². The van der Waals surface area contributed by atoms with E-state index < -0.39 is 5.97 Å². The lowest BCUT2D eigenvalue weighted by Gasteiger charge is -2.10. The van der Waals surface area contributed by atoms with Gasteiger partial charge in [-0.15, -0.1) is 0 Å². The minimum Gasteiger partial charge on any atom is -0.458 e. The fraction of sp³-hybridized carbons (Fsp3) is 0.250. The van der Waals surface area contributed by atoms with Gasteiger partial charge in [0.1, 0.15) is 16.9 Å². The molecule has 0 aliphatic rings. The number of esters is 1. The van der Waals surface area contributed by atoms with E-state index in [1.54, 1.807) is 30.7 Å². The van der Waals surface area contributed by atoms with Crippen molar-refractivity contribution in [2.24, 2.45) is 0 Å². The van der Waals surface area contributed by atoms with Crippen molar-refractivity contribution < 1.29 is 9.53 Å². The first-order valence-corrected chi connectivity index (χ1v) is 8.51. The Hall–Kier alpha value is -2.94. The van der Waals surface area contributed by atoms with Crippen LogP contribution in [0.2, 0.25) is 0 Å². The van der Waals surface area contributed by atoms with E-state index in [1.165, 1.54) is 17.7 Å². The highest BCUT2D eigenvalue weighted by atomic mass is 32.1. The van der Waals surface area contributed by atoms with E-state index in [1.807, 2.05) is 13.8 Å². The van der Waals surface area contributed by atoms with Crippen LogP contribution in [0.4, 0.5) is 11.1 Å². The van der Waals surface area contributed by atoms with Crippen LogP contribution in [-0.2, 0) is 4.74 Å². The monoisotopic (exact) mass is 356 g/mol. The summed E-state index contributed by atoms with van der Waals surface area (Å²) in [6.07, 6.45) is 6.79. The number of hydrogen-bond acceptors (Lipinski definition) is 9. The first-order chi connectivity index (χ1) is 12.2. The molecule has 0 aliphatic heterocycles. The maximum absolute atomic E-state index is 12.5. The van der Waals surface area contributed by atoms with Gasteiger partial charge in [0.2, 0.25) is 5.95 Å². The van der Waals surface area contributed by atoms with Gasteiger partial charge < -0.3 is 10.1 Å². The molecule has 0 fully saturated rings. The Morgan fingerprint density at radius 3 is 2.76 bits per heavy atom. The highest BCUT2D eigenvalue weighted by molar-refractivity contribution is 7.18. The minimum absolute atomic E-state index is 0.179. The van der Waals surface area contributed by atoms with Crippen LogP contribution in [0.1, 0.15) is 29.9 Å². The van der Waals surface area contributed by atoms with Gasteiger partial charge in [-0.05, 0) is 25.5 Å². The molecule has 25 heavy (non-hydrogen) atoms. The topological polar surface area (TPSA) is 103 Å². The Bertz CT molecular complexity index is 840. The van der Waals surface area contributed by atoms with Crippen molar-refractivity contribution in [3.05, 3.63) is 41.9 Å². The maximum Gasteiger partial charge on any atom is 0.351 e. The second-order valence-electron chi connectivity index (χ2n) is 5.11. The molecule has 1 N–H and O–H groups in total. The molecule has 1 unspecified atom stereocenters. The van der Waals surface area contributed by atoms with Gasteiger partial charge >= 0.3 is 5.97 Å². The molecule has 0 saturated carbocycles. The number of hydrogen-bond donors (Lipinski definition) is 1. The van der Waals surface area contributed by atoms with E-state index in [0.29, 0.717) is 27.3 Å². The zero-order chi connectivity index (χ0) is 17.6. The van der Waals surface area contributed by atoms with Crippen LogP contribution in [0.25, 0.3) is 11.4 Å². The van der Waals surface area contributed by atoms with Crippen LogP contribution in [-0.4, -0.2) is 37.0 Å². The summed E-state index contributed by atoms with van der Waals surface area (Å²) in [5.41, 5.74) is 0.989. The molecule has 3 aromatic rings. The van der Waals surface area contributed by atoms with Crippen molar-refractivity contribution in [1.29, 1.82) is 0 Å². The summed E-state index contributed by atoms with van der Waals surface area (Å²) in [4.78, 5) is 33.6. The Labute approximate surface area is 148 Å². The number of thiazole rings is 1. The Morgan fingerprint density at radius 2 is 2.08 bits per heavy atom. The molecular weight excluding hydrogens is 340 g/mol. The van der Waals surface area contributed by atoms with Crippen molar-refractivity contribution >= 4 is 28.4 Å². The lowest BCUT2D eigenvalue weighted by Crippen LogP contribution is -2.13. The fourth-order valence-electron chi connectivity index (χ4n) is 1.90. The van der Waals surface area contributed by atoms with E-state index in [4.69, 9.17) is 4.74 Å². The van der Waals surface area contributed by atoms with Gasteiger partial charge in [0.15, 0.2) is 5.13 Å². The maximum atomic E-state index is 12.5. The molecule has 0 amide bonds. The Morgan fingerprint density at radius 1 is 1.28 bits per heavy atom. The van der Waals surface area contributed by atoms with E-state index in [2.05, 4.69) is 30.2 Å². The third kappa shape index (κ3) is 4.13. The molecule has 0 saturated heterocycles. The summed E-state index contributed by atoms with van der Waals surface area (Å²) in [7, 11) is 0. The fourth-order valence-corrected chi connectivity index (χ4v) is 2.75. The molecule has 128 valence electrons. The smallest absolute Gasteiger partial charge is 0.351 e. The number of nitrogens with one attached hydrogen (secondary N) is 1. The molecule has 3 rings (SSSR count). The predicted octanol–water partition coefficient (Wildman–Crippen LogP) is 3.09. The molecule has 0 bridgehead atoms. The predicted molar refractivity (Wildman–Crippen MR) is 93.6 cm³/mol.